The molecule has 0 heterocycles. The van der Waals surface area contributed by atoms with Crippen LogP contribution in [0.3, 0.4) is 0 Å². The number of rotatable bonds is 4. The van der Waals surface area contributed by atoms with Gasteiger partial charge in [0.2, 0.25) is 0 Å². The average Bonchev–Trinajstić information content (AvgIpc) is 2.46. The minimum Gasteiger partial charge on any atom is -0.483 e. The highest BCUT2D eigenvalue weighted by molar-refractivity contribution is 5.87. The fourth-order valence-corrected chi connectivity index (χ4v) is 2.54. The van der Waals surface area contributed by atoms with Crippen LogP contribution in [0.1, 0.15) is 43.7 Å². The average molecular weight is 288 g/mol. The summed E-state index contributed by atoms with van der Waals surface area (Å²) < 4.78 is 5.56. The summed E-state index contributed by atoms with van der Waals surface area (Å²) in [5.41, 5.74) is 5.84. The Bertz CT molecular complexity index is 538. The minimum absolute atomic E-state index is 0.00335. The van der Waals surface area contributed by atoms with E-state index in [1.807, 2.05) is 32.0 Å². The minimum atomic E-state index is -0.207. The van der Waals surface area contributed by atoms with Crippen molar-refractivity contribution < 1.29 is 9.53 Å². The molecule has 0 saturated heterocycles. The molecule has 1 aliphatic rings. The molecule has 114 valence electrons. The molecule has 1 aromatic carbocycles. The van der Waals surface area contributed by atoms with Gasteiger partial charge in [-0.2, -0.15) is 5.10 Å². The van der Waals surface area contributed by atoms with E-state index in [0.29, 0.717) is 5.92 Å². The van der Waals surface area contributed by atoms with Gasteiger partial charge in [0.25, 0.3) is 5.91 Å². The molecule has 2 rings (SSSR count). The summed E-state index contributed by atoms with van der Waals surface area (Å²) in [6.45, 7) is 6.19. The second-order valence-electron chi connectivity index (χ2n) is 5.97. The third kappa shape index (κ3) is 4.88. The van der Waals surface area contributed by atoms with Gasteiger partial charge in [-0.3, -0.25) is 4.79 Å². The molecule has 1 atom stereocenters. The van der Waals surface area contributed by atoms with E-state index in [9.17, 15) is 4.79 Å². The first-order chi connectivity index (χ1) is 10.0. The van der Waals surface area contributed by atoms with Gasteiger partial charge >= 0.3 is 0 Å². The summed E-state index contributed by atoms with van der Waals surface area (Å²) in [6.07, 6.45) is 4.39. The van der Waals surface area contributed by atoms with E-state index in [0.717, 1.165) is 41.9 Å². The van der Waals surface area contributed by atoms with E-state index in [2.05, 4.69) is 17.5 Å². The lowest BCUT2D eigenvalue weighted by atomic mass is 9.89. The molecule has 4 nitrogen and oxygen atoms in total. The maximum Gasteiger partial charge on any atom is 0.277 e. The normalized spacial score (nSPS) is 20.3. The number of hydrazone groups is 1. The predicted octanol–water partition coefficient (Wildman–Crippen LogP) is 3.36. The zero-order valence-corrected chi connectivity index (χ0v) is 13.1. The van der Waals surface area contributed by atoms with Crippen LogP contribution in [-0.4, -0.2) is 18.2 Å². The molecule has 0 radical (unpaired) electrons. The van der Waals surface area contributed by atoms with Crippen molar-refractivity contribution in [2.24, 2.45) is 11.0 Å². The monoisotopic (exact) mass is 288 g/mol. The van der Waals surface area contributed by atoms with Crippen molar-refractivity contribution in [2.75, 3.05) is 6.61 Å². The largest absolute Gasteiger partial charge is 0.483 e. The molecule has 21 heavy (non-hydrogen) atoms. The number of hydrogen-bond donors (Lipinski definition) is 1. The van der Waals surface area contributed by atoms with E-state index in [1.54, 1.807) is 0 Å². The van der Waals surface area contributed by atoms with Gasteiger partial charge in [-0.05, 0) is 62.6 Å². The maximum absolute atomic E-state index is 11.8. The van der Waals surface area contributed by atoms with Crippen molar-refractivity contribution in [3.8, 4) is 5.75 Å². The molecule has 0 aliphatic heterocycles. The Hall–Kier alpha value is -1.84. The Morgan fingerprint density at radius 1 is 1.43 bits per heavy atom. The lowest BCUT2D eigenvalue weighted by molar-refractivity contribution is -0.123. The van der Waals surface area contributed by atoms with Crippen LogP contribution in [-0.2, 0) is 4.79 Å². The molecule has 1 aliphatic carbocycles. The van der Waals surface area contributed by atoms with Crippen molar-refractivity contribution in [1.29, 1.82) is 0 Å². The quantitative estimate of drug-likeness (QED) is 0.864. The number of amides is 1. The number of nitrogens with zero attached hydrogens (tertiary/aromatic N) is 1. The number of carbonyl (C=O) groups is 1. The molecule has 1 aromatic rings. The Morgan fingerprint density at radius 2 is 2.24 bits per heavy atom. The van der Waals surface area contributed by atoms with Crippen molar-refractivity contribution in [3.63, 3.8) is 0 Å². The second-order valence-corrected chi connectivity index (χ2v) is 5.97. The van der Waals surface area contributed by atoms with Crippen molar-refractivity contribution in [1.82, 2.24) is 5.43 Å². The van der Waals surface area contributed by atoms with Crippen LogP contribution in [0.15, 0.2) is 23.3 Å². The van der Waals surface area contributed by atoms with Crippen molar-refractivity contribution in [3.05, 3.63) is 29.3 Å². The molecular weight excluding hydrogens is 264 g/mol. The third-order valence-corrected chi connectivity index (χ3v) is 3.79. The SMILES string of the molecule is Cc1ccc(C)c(OCC(=O)N/N=C2\CCCC(C)C2)c1. The number of nitrogens with one attached hydrogen (secondary N) is 1. The summed E-state index contributed by atoms with van der Waals surface area (Å²) in [4.78, 5) is 11.8. The van der Waals surface area contributed by atoms with E-state index in [4.69, 9.17) is 4.74 Å². The number of aryl methyl sites for hydroxylation is 2. The van der Waals surface area contributed by atoms with Gasteiger partial charge in [-0.1, -0.05) is 19.1 Å². The summed E-state index contributed by atoms with van der Waals surface area (Å²) in [6, 6.07) is 5.96. The molecule has 1 N–H and O–H groups in total. The Morgan fingerprint density at radius 3 is 3.00 bits per heavy atom. The molecule has 1 fully saturated rings. The van der Waals surface area contributed by atoms with Crippen LogP contribution in [0.25, 0.3) is 0 Å². The Kier molecular flexibility index (Phi) is 5.37. The number of benzene rings is 1. The molecule has 1 unspecified atom stereocenters. The molecule has 0 aromatic heterocycles. The van der Waals surface area contributed by atoms with Gasteiger partial charge in [-0.25, -0.2) is 5.43 Å². The molecular formula is C17H24N2O2. The topological polar surface area (TPSA) is 50.7 Å². The lowest BCUT2D eigenvalue weighted by Crippen LogP contribution is -2.27. The summed E-state index contributed by atoms with van der Waals surface area (Å²) >= 11 is 0. The van der Waals surface area contributed by atoms with E-state index in [1.165, 1.54) is 6.42 Å². The molecule has 1 saturated carbocycles. The highest BCUT2D eigenvalue weighted by Gasteiger charge is 2.14. The van der Waals surface area contributed by atoms with Gasteiger partial charge in [0.1, 0.15) is 5.75 Å². The molecule has 4 heteroatoms. The summed E-state index contributed by atoms with van der Waals surface area (Å²) in [7, 11) is 0. The van der Waals surface area contributed by atoms with Crippen LogP contribution in [0.5, 0.6) is 5.75 Å². The molecule has 0 spiro atoms. The fraction of sp³-hybridized carbons (Fsp3) is 0.529. The zero-order chi connectivity index (χ0) is 15.2. The van der Waals surface area contributed by atoms with E-state index in [-0.39, 0.29) is 12.5 Å². The third-order valence-electron chi connectivity index (χ3n) is 3.79. The van der Waals surface area contributed by atoms with E-state index < -0.39 is 0 Å². The van der Waals surface area contributed by atoms with Gasteiger partial charge in [0.05, 0.1) is 0 Å². The highest BCUT2D eigenvalue weighted by atomic mass is 16.5. The second kappa shape index (κ2) is 7.25. The first-order valence-electron chi connectivity index (χ1n) is 7.59. The number of ether oxygens (including phenoxy) is 1. The number of carbonyl (C=O) groups excluding carboxylic acids is 1. The maximum atomic E-state index is 11.8. The van der Waals surface area contributed by atoms with Crippen LogP contribution < -0.4 is 10.2 Å². The van der Waals surface area contributed by atoms with Crippen LogP contribution >= 0.6 is 0 Å². The van der Waals surface area contributed by atoms with Crippen molar-refractivity contribution in [2.45, 2.75) is 46.5 Å². The summed E-state index contributed by atoms with van der Waals surface area (Å²) in [5.74, 6) is 1.21. The van der Waals surface area contributed by atoms with Gasteiger partial charge in [-0.15, -0.1) is 0 Å². The molecule has 0 bridgehead atoms. The Labute approximate surface area is 126 Å². The standard InChI is InChI=1S/C17H24N2O2/c1-12-5-4-6-15(9-12)18-19-17(20)11-21-16-10-13(2)7-8-14(16)3/h7-8,10,12H,4-6,9,11H2,1-3H3,(H,19,20)/b18-15+. The first kappa shape index (κ1) is 15.5. The van der Waals surface area contributed by atoms with Crippen LogP contribution in [0.2, 0.25) is 0 Å². The zero-order valence-electron chi connectivity index (χ0n) is 13.1. The summed E-state index contributed by atoms with van der Waals surface area (Å²) in [5, 5.41) is 4.22. The first-order valence-corrected chi connectivity index (χ1v) is 7.59. The van der Waals surface area contributed by atoms with Gasteiger partial charge in [0, 0.05) is 5.71 Å². The van der Waals surface area contributed by atoms with Crippen molar-refractivity contribution >= 4 is 11.6 Å². The van der Waals surface area contributed by atoms with E-state index >= 15 is 0 Å². The molecule has 1 amide bonds. The van der Waals surface area contributed by atoms with Gasteiger partial charge in [0.15, 0.2) is 6.61 Å². The number of hydrogen-bond acceptors (Lipinski definition) is 3. The van der Waals surface area contributed by atoms with Gasteiger partial charge < -0.3 is 4.74 Å². The highest BCUT2D eigenvalue weighted by Crippen LogP contribution is 2.21. The Balaban J connectivity index is 1.82. The fourth-order valence-electron chi connectivity index (χ4n) is 2.54. The smallest absolute Gasteiger partial charge is 0.277 e. The predicted molar refractivity (Wildman–Crippen MR) is 84.6 cm³/mol. The lowest BCUT2D eigenvalue weighted by Gasteiger charge is -2.19. The van der Waals surface area contributed by atoms with Crippen LogP contribution in [0.4, 0.5) is 0 Å². The van der Waals surface area contributed by atoms with Crippen LogP contribution in [0, 0.1) is 19.8 Å².